The Balaban J connectivity index is 1.43. The predicted octanol–water partition coefficient (Wildman–Crippen LogP) is 5.11. The smallest absolute Gasteiger partial charge is 0.254 e. The molecule has 1 aliphatic heterocycles. The van der Waals surface area contributed by atoms with E-state index in [9.17, 15) is 22.0 Å². The first kappa shape index (κ1) is 25.3. The molecule has 3 aromatic rings. The van der Waals surface area contributed by atoms with Crippen molar-refractivity contribution < 1.29 is 22.0 Å². The number of hydrogen-bond acceptors (Lipinski definition) is 4. The van der Waals surface area contributed by atoms with Gasteiger partial charge in [0.2, 0.25) is 10.0 Å². The van der Waals surface area contributed by atoms with Crippen LogP contribution in [0.15, 0.2) is 60.7 Å². The van der Waals surface area contributed by atoms with Crippen LogP contribution in [0.25, 0.3) is 0 Å². The summed E-state index contributed by atoms with van der Waals surface area (Å²) in [4.78, 5) is 15.0. The van der Waals surface area contributed by atoms with E-state index in [0.717, 1.165) is 30.5 Å². The molecule has 0 saturated carbocycles. The van der Waals surface area contributed by atoms with Crippen molar-refractivity contribution in [1.29, 1.82) is 5.26 Å². The molecule has 1 fully saturated rings. The van der Waals surface area contributed by atoms with Crippen LogP contribution in [-0.2, 0) is 15.8 Å². The second kappa shape index (κ2) is 10.5. The number of nitriles is 1. The minimum Gasteiger partial charge on any atom is -0.339 e. The number of carbonyl (C=O) groups excluding carboxylic acids is 1. The minimum absolute atomic E-state index is 0.155. The number of nitrogens with one attached hydrogen (secondary N) is 1. The number of anilines is 1. The van der Waals surface area contributed by atoms with Crippen molar-refractivity contribution in [1.82, 2.24) is 4.90 Å². The van der Waals surface area contributed by atoms with Crippen LogP contribution >= 0.6 is 0 Å². The number of likely N-dealkylation sites (tertiary alicyclic amines) is 1. The van der Waals surface area contributed by atoms with Crippen molar-refractivity contribution in [3.05, 3.63) is 100 Å². The maximum absolute atomic E-state index is 13.9. The highest BCUT2D eigenvalue weighted by Crippen LogP contribution is 2.29. The normalized spacial score (nSPS) is 14.3. The Hall–Kier alpha value is -3.77. The highest BCUT2D eigenvalue weighted by Gasteiger charge is 2.26. The first-order valence-electron chi connectivity index (χ1n) is 11.5. The highest BCUT2D eigenvalue weighted by atomic mass is 32.2. The first-order valence-corrected chi connectivity index (χ1v) is 13.1. The third-order valence-electron chi connectivity index (χ3n) is 6.40. The van der Waals surface area contributed by atoms with E-state index in [1.54, 1.807) is 36.1 Å². The lowest BCUT2D eigenvalue weighted by Gasteiger charge is -2.32. The van der Waals surface area contributed by atoms with Crippen molar-refractivity contribution in [2.75, 3.05) is 17.8 Å². The van der Waals surface area contributed by atoms with Gasteiger partial charge in [-0.1, -0.05) is 24.3 Å². The van der Waals surface area contributed by atoms with Gasteiger partial charge in [-0.05, 0) is 67.1 Å². The predicted molar refractivity (Wildman–Crippen MR) is 133 cm³/mol. The van der Waals surface area contributed by atoms with Crippen molar-refractivity contribution >= 4 is 21.6 Å². The fraction of sp³-hybridized carbons (Fsp3) is 0.259. The Labute approximate surface area is 209 Å². The van der Waals surface area contributed by atoms with E-state index < -0.39 is 27.4 Å². The van der Waals surface area contributed by atoms with Crippen molar-refractivity contribution in [3.8, 4) is 6.07 Å². The van der Waals surface area contributed by atoms with Crippen LogP contribution in [-0.4, -0.2) is 32.3 Å². The molecule has 1 aliphatic rings. The summed E-state index contributed by atoms with van der Waals surface area (Å²) in [7, 11) is -4.00. The van der Waals surface area contributed by atoms with Gasteiger partial charge in [-0.15, -0.1) is 0 Å². The SMILES string of the molecule is Cc1ccc(NS(=O)(=O)Cc2ccc(F)cc2F)cc1C(=O)N1CCC(c2ccc(C#N)cc2)CC1. The summed E-state index contributed by atoms with van der Waals surface area (Å²) in [5.74, 6) is -2.28. The number of piperidine rings is 1. The molecule has 186 valence electrons. The van der Waals surface area contributed by atoms with E-state index in [0.29, 0.717) is 41.8 Å². The zero-order valence-electron chi connectivity index (χ0n) is 19.7. The summed E-state index contributed by atoms with van der Waals surface area (Å²) in [6.07, 6.45) is 1.57. The molecule has 9 heteroatoms. The molecule has 4 rings (SSSR count). The van der Waals surface area contributed by atoms with Crippen LogP contribution in [0, 0.1) is 29.9 Å². The van der Waals surface area contributed by atoms with E-state index >= 15 is 0 Å². The zero-order chi connectivity index (χ0) is 25.9. The minimum atomic E-state index is -4.00. The molecule has 0 radical (unpaired) electrons. The third-order valence-corrected chi connectivity index (χ3v) is 7.63. The molecular weight excluding hydrogens is 484 g/mol. The van der Waals surface area contributed by atoms with Crippen LogP contribution in [0.5, 0.6) is 0 Å². The van der Waals surface area contributed by atoms with Gasteiger partial charge in [-0.3, -0.25) is 9.52 Å². The Morgan fingerprint density at radius 1 is 1.06 bits per heavy atom. The Bertz CT molecular complexity index is 1430. The number of amides is 1. The Morgan fingerprint density at radius 2 is 1.75 bits per heavy atom. The lowest BCUT2D eigenvalue weighted by Crippen LogP contribution is -2.38. The molecule has 0 aliphatic carbocycles. The molecule has 36 heavy (non-hydrogen) atoms. The third kappa shape index (κ3) is 5.89. The average molecular weight is 510 g/mol. The number of halogens is 2. The van der Waals surface area contributed by atoms with E-state index in [1.807, 2.05) is 12.1 Å². The van der Waals surface area contributed by atoms with Crippen LogP contribution in [0.2, 0.25) is 0 Å². The van der Waals surface area contributed by atoms with Gasteiger partial charge < -0.3 is 4.90 Å². The number of aryl methyl sites for hydroxylation is 1. The van der Waals surface area contributed by atoms with Crippen LogP contribution in [0.4, 0.5) is 14.5 Å². The average Bonchev–Trinajstić information content (AvgIpc) is 2.86. The maximum atomic E-state index is 13.9. The topological polar surface area (TPSA) is 90.3 Å². The van der Waals surface area contributed by atoms with Gasteiger partial charge in [0.15, 0.2) is 0 Å². The van der Waals surface area contributed by atoms with Gasteiger partial charge in [-0.2, -0.15) is 5.26 Å². The number of sulfonamides is 1. The van der Waals surface area contributed by atoms with Crippen molar-refractivity contribution in [3.63, 3.8) is 0 Å². The van der Waals surface area contributed by atoms with Crippen LogP contribution < -0.4 is 4.72 Å². The number of carbonyl (C=O) groups is 1. The van der Waals surface area contributed by atoms with Gasteiger partial charge in [0.05, 0.1) is 17.4 Å². The van der Waals surface area contributed by atoms with Gasteiger partial charge in [0.25, 0.3) is 5.91 Å². The van der Waals surface area contributed by atoms with Gasteiger partial charge in [-0.25, -0.2) is 17.2 Å². The van der Waals surface area contributed by atoms with Gasteiger partial charge in [0.1, 0.15) is 11.6 Å². The van der Waals surface area contributed by atoms with E-state index in [2.05, 4.69) is 10.8 Å². The second-order valence-electron chi connectivity index (χ2n) is 8.93. The fourth-order valence-electron chi connectivity index (χ4n) is 4.39. The van der Waals surface area contributed by atoms with Gasteiger partial charge >= 0.3 is 0 Å². The second-order valence-corrected chi connectivity index (χ2v) is 10.6. The lowest BCUT2D eigenvalue weighted by atomic mass is 9.88. The van der Waals surface area contributed by atoms with E-state index in [-0.39, 0.29) is 17.2 Å². The fourth-order valence-corrected chi connectivity index (χ4v) is 5.59. The molecule has 0 spiro atoms. The molecule has 3 aromatic carbocycles. The lowest BCUT2D eigenvalue weighted by molar-refractivity contribution is 0.0712. The Morgan fingerprint density at radius 3 is 2.39 bits per heavy atom. The molecule has 0 unspecified atom stereocenters. The molecular formula is C27H25F2N3O3S. The molecule has 1 heterocycles. The summed E-state index contributed by atoms with van der Waals surface area (Å²) < 4.78 is 54.6. The number of hydrogen-bond donors (Lipinski definition) is 1. The van der Waals surface area contributed by atoms with Gasteiger partial charge in [0, 0.05) is 36.0 Å². The molecule has 0 aromatic heterocycles. The molecule has 1 N–H and O–H groups in total. The summed E-state index contributed by atoms with van der Waals surface area (Å²) in [5.41, 5.74) is 2.89. The van der Waals surface area contributed by atoms with E-state index in [4.69, 9.17) is 5.26 Å². The highest BCUT2D eigenvalue weighted by molar-refractivity contribution is 7.91. The zero-order valence-corrected chi connectivity index (χ0v) is 20.5. The summed E-state index contributed by atoms with van der Waals surface area (Å²) in [6, 6.07) is 17.0. The van der Waals surface area contributed by atoms with E-state index in [1.165, 1.54) is 6.07 Å². The quantitative estimate of drug-likeness (QED) is 0.500. The number of nitrogens with zero attached hydrogens (tertiary/aromatic N) is 2. The molecule has 0 bridgehead atoms. The standard InChI is InChI=1S/C27H25F2N3O3S/c1-18-2-9-24(31-36(34,35)17-22-7-8-23(28)14-26(22)29)15-25(18)27(33)32-12-10-21(11-13-32)20-5-3-19(16-30)4-6-20/h2-9,14-15,21,31H,10-13,17H2,1H3. The molecule has 0 atom stereocenters. The number of benzene rings is 3. The maximum Gasteiger partial charge on any atom is 0.254 e. The summed E-state index contributed by atoms with van der Waals surface area (Å²) in [6.45, 7) is 2.90. The molecule has 6 nitrogen and oxygen atoms in total. The summed E-state index contributed by atoms with van der Waals surface area (Å²) >= 11 is 0. The van der Waals surface area contributed by atoms with Crippen molar-refractivity contribution in [2.24, 2.45) is 0 Å². The molecule has 1 amide bonds. The number of rotatable bonds is 6. The monoisotopic (exact) mass is 509 g/mol. The van der Waals surface area contributed by atoms with Crippen molar-refractivity contribution in [2.45, 2.75) is 31.4 Å². The summed E-state index contributed by atoms with van der Waals surface area (Å²) in [5, 5.41) is 8.97. The molecule has 1 saturated heterocycles. The van der Waals surface area contributed by atoms with Crippen LogP contribution in [0.3, 0.4) is 0 Å². The van der Waals surface area contributed by atoms with Crippen LogP contribution in [0.1, 0.15) is 51.4 Å². The Kier molecular flexibility index (Phi) is 7.36. The first-order chi connectivity index (χ1) is 17.1. The largest absolute Gasteiger partial charge is 0.339 e.